The Morgan fingerprint density at radius 1 is 1.27 bits per heavy atom. The molecule has 1 amide bonds. The highest BCUT2D eigenvalue weighted by molar-refractivity contribution is 5.96. The highest BCUT2D eigenvalue weighted by atomic mass is 16.3. The first-order valence-electron chi connectivity index (χ1n) is 10.1. The van der Waals surface area contributed by atoms with Gasteiger partial charge >= 0.3 is 0 Å². The number of amides is 1. The molecule has 0 radical (unpaired) electrons. The van der Waals surface area contributed by atoms with Gasteiger partial charge in [-0.05, 0) is 42.4 Å². The van der Waals surface area contributed by atoms with Crippen molar-refractivity contribution in [3.63, 3.8) is 0 Å². The lowest BCUT2D eigenvalue weighted by molar-refractivity contribution is 0.0929. The number of rotatable bonds is 3. The zero-order valence-electron chi connectivity index (χ0n) is 17.4. The topological polar surface area (TPSA) is 100 Å². The van der Waals surface area contributed by atoms with Gasteiger partial charge in [-0.25, -0.2) is 4.68 Å². The number of pyridine rings is 1. The maximum Gasteiger partial charge on any atom is 0.257 e. The third kappa shape index (κ3) is 3.75. The Labute approximate surface area is 174 Å². The molecule has 7 heteroatoms. The molecule has 0 fully saturated rings. The molecule has 30 heavy (non-hydrogen) atoms. The largest absolute Gasteiger partial charge is 0.507 e. The fourth-order valence-electron chi connectivity index (χ4n) is 3.91. The Bertz CT molecular complexity index is 1140. The normalized spacial score (nSPS) is 16.2. The smallest absolute Gasteiger partial charge is 0.257 e. The molecule has 0 saturated heterocycles. The van der Waals surface area contributed by atoms with E-state index in [1.165, 1.54) is 11.8 Å². The van der Waals surface area contributed by atoms with Crippen LogP contribution in [0.15, 0.2) is 47.5 Å². The van der Waals surface area contributed by atoms with Crippen LogP contribution in [0.2, 0.25) is 0 Å². The molecule has 0 spiro atoms. The summed E-state index contributed by atoms with van der Waals surface area (Å²) in [5.41, 5.74) is 4.01. The predicted octanol–water partition coefficient (Wildman–Crippen LogP) is 3.37. The second kappa shape index (κ2) is 7.48. The van der Waals surface area contributed by atoms with Crippen molar-refractivity contribution in [2.75, 3.05) is 0 Å². The van der Waals surface area contributed by atoms with Crippen LogP contribution in [0.25, 0.3) is 5.69 Å². The monoisotopic (exact) mass is 406 g/mol. The molecule has 0 bridgehead atoms. The maximum absolute atomic E-state index is 12.6. The molecule has 1 aliphatic rings. The average molecular weight is 406 g/mol. The maximum atomic E-state index is 12.6. The number of nitrogens with one attached hydrogen (secondary N) is 2. The van der Waals surface area contributed by atoms with E-state index in [-0.39, 0.29) is 22.8 Å². The molecule has 1 aliphatic carbocycles. The molecule has 1 unspecified atom stereocenters. The molecule has 1 atom stereocenters. The van der Waals surface area contributed by atoms with E-state index in [9.17, 15) is 14.7 Å². The fourth-order valence-corrected chi connectivity index (χ4v) is 3.91. The van der Waals surface area contributed by atoms with Gasteiger partial charge in [0.05, 0.1) is 23.5 Å². The molecule has 7 nitrogen and oxygen atoms in total. The Hall–Kier alpha value is -3.35. The minimum absolute atomic E-state index is 0.0480. The number of aromatic amines is 1. The highest BCUT2D eigenvalue weighted by Gasteiger charge is 2.27. The summed E-state index contributed by atoms with van der Waals surface area (Å²) >= 11 is 0. The van der Waals surface area contributed by atoms with Gasteiger partial charge in [-0.2, -0.15) is 5.10 Å². The average Bonchev–Trinajstić information content (AvgIpc) is 3.12. The number of benzene rings is 1. The summed E-state index contributed by atoms with van der Waals surface area (Å²) in [7, 11) is 0. The predicted molar refractivity (Wildman–Crippen MR) is 114 cm³/mol. The number of aromatic hydroxyl groups is 1. The van der Waals surface area contributed by atoms with E-state index in [0.29, 0.717) is 0 Å². The van der Waals surface area contributed by atoms with Gasteiger partial charge in [0.2, 0.25) is 0 Å². The number of hydrogen-bond acceptors (Lipinski definition) is 4. The van der Waals surface area contributed by atoms with Crippen molar-refractivity contribution < 1.29 is 9.90 Å². The van der Waals surface area contributed by atoms with Gasteiger partial charge in [-0.3, -0.25) is 9.59 Å². The molecule has 156 valence electrons. The minimum Gasteiger partial charge on any atom is -0.507 e. The Morgan fingerprint density at radius 2 is 2.00 bits per heavy atom. The lowest BCUT2D eigenvalue weighted by Crippen LogP contribution is -2.31. The first-order valence-corrected chi connectivity index (χ1v) is 10.1. The van der Waals surface area contributed by atoms with Crippen LogP contribution in [0.5, 0.6) is 5.75 Å². The Balaban J connectivity index is 1.59. The standard InChI is InChI=1S/C23H26N4O3/c1-23(2,3)14-7-9-15(10-8-14)27-19-6-4-5-18(16(19)13-25-27)26-22(30)17-12-24-21(29)11-20(17)28/h7-13,18H,4-6H2,1-3H3,(H,26,30)(H2,24,28,29). The van der Waals surface area contributed by atoms with E-state index in [1.807, 2.05) is 10.9 Å². The number of aromatic nitrogens is 3. The highest BCUT2D eigenvalue weighted by Crippen LogP contribution is 2.32. The van der Waals surface area contributed by atoms with Crippen LogP contribution in [0, 0.1) is 0 Å². The third-order valence-electron chi connectivity index (χ3n) is 5.61. The van der Waals surface area contributed by atoms with Crippen LogP contribution >= 0.6 is 0 Å². The van der Waals surface area contributed by atoms with Gasteiger partial charge in [0.25, 0.3) is 11.5 Å². The quantitative estimate of drug-likeness (QED) is 0.621. The lowest BCUT2D eigenvalue weighted by atomic mass is 9.87. The molecule has 4 rings (SSSR count). The molecule has 0 aliphatic heterocycles. The van der Waals surface area contributed by atoms with Gasteiger partial charge in [0.15, 0.2) is 0 Å². The summed E-state index contributed by atoms with van der Waals surface area (Å²) in [6.07, 6.45) is 5.63. The second-order valence-corrected chi connectivity index (χ2v) is 8.77. The fraction of sp³-hybridized carbons (Fsp3) is 0.348. The Morgan fingerprint density at radius 3 is 2.67 bits per heavy atom. The molecular weight excluding hydrogens is 380 g/mol. The summed E-state index contributed by atoms with van der Waals surface area (Å²) < 4.78 is 1.94. The van der Waals surface area contributed by atoms with Crippen molar-refractivity contribution in [1.29, 1.82) is 0 Å². The van der Waals surface area contributed by atoms with E-state index in [4.69, 9.17) is 0 Å². The molecule has 2 heterocycles. The van der Waals surface area contributed by atoms with E-state index in [2.05, 4.69) is 60.4 Å². The van der Waals surface area contributed by atoms with Gasteiger partial charge in [-0.15, -0.1) is 0 Å². The second-order valence-electron chi connectivity index (χ2n) is 8.77. The van der Waals surface area contributed by atoms with Crippen molar-refractivity contribution in [3.05, 3.63) is 75.5 Å². The van der Waals surface area contributed by atoms with E-state index in [0.717, 1.165) is 42.3 Å². The minimum atomic E-state index is -0.456. The van der Waals surface area contributed by atoms with Crippen LogP contribution in [-0.4, -0.2) is 25.8 Å². The SMILES string of the molecule is CC(C)(C)c1ccc(-n2ncc3c2CCCC3NC(=O)c2c[nH]c(=O)cc2O)cc1. The number of fused-ring (bicyclic) bond motifs is 1. The van der Waals surface area contributed by atoms with Crippen molar-refractivity contribution >= 4 is 5.91 Å². The van der Waals surface area contributed by atoms with Gasteiger partial charge in [0.1, 0.15) is 5.75 Å². The van der Waals surface area contributed by atoms with E-state index in [1.54, 1.807) is 0 Å². The van der Waals surface area contributed by atoms with Gasteiger partial charge < -0.3 is 15.4 Å². The zero-order chi connectivity index (χ0) is 21.5. The summed E-state index contributed by atoms with van der Waals surface area (Å²) in [6.45, 7) is 6.56. The number of carbonyl (C=O) groups is 1. The van der Waals surface area contributed by atoms with Crippen molar-refractivity contribution in [2.24, 2.45) is 0 Å². The molecule has 3 aromatic rings. The number of hydrogen-bond donors (Lipinski definition) is 3. The van der Waals surface area contributed by atoms with Crippen LogP contribution in [0.1, 0.15) is 66.8 Å². The van der Waals surface area contributed by atoms with Crippen molar-refractivity contribution in [1.82, 2.24) is 20.1 Å². The summed E-state index contributed by atoms with van der Waals surface area (Å²) in [6, 6.07) is 9.22. The first kappa shape index (κ1) is 19.9. The number of nitrogens with zero attached hydrogens (tertiary/aromatic N) is 2. The first-order chi connectivity index (χ1) is 14.2. The lowest BCUT2D eigenvalue weighted by Gasteiger charge is -2.24. The van der Waals surface area contributed by atoms with E-state index >= 15 is 0 Å². The Kier molecular flexibility index (Phi) is 4.97. The molecular formula is C23H26N4O3. The van der Waals surface area contributed by atoms with Crippen molar-refractivity contribution in [2.45, 2.75) is 51.5 Å². The molecule has 1 aromatic carbocycles. The molecule has 0 saturated carbocycles. The van der Waals surface area contributed by atoms with Crippen molar-refractivity contribution in [3.8, 4) is 11.4 Å². The van der Waals surface area contributed by atoms with Gasteiger partial charge in [0, 0.05) is 23.5 Å². The zero-order valence-corrected chi connectivity index (χ0v) is 17.4. The van der Waals surface area contributed by atoms with Crippen LogP contribution in [-0.2, 0) is 11.8 Å². The molecule has 2 aromatic heterocycles. The van der Waals surface area contributed by atoms with Crippen LogP contribution in [0.3, 0.4) is 0 Å². The van der Waals surface area contributed by atoms with E-state index < -0.39 is 11.5 Å². The number of carbonyl (C=O) groups excluding carboxylic acids is 1. The third-order valence-corrected chi connectivity index (χ3v) is 5.61. The number of H-pyrrole nitrogens is 1. The summed E-state index contributed by atoms with van der Waals surface area (Å²) in [5.74, 6) is -0.759. The summed E-state index contributed by atoms with van der Waals surface area (Å²) in [4.78, 5) is 26.3. The van der Waals surface area contributed by atoms with Gasteiger partial charge in [-0.1, -0.05) is 32.9 Å². The summed E-state index contributed by atoms with van der Waals surface area (Å²) in [5, 5.41) is 17.5. The van der Waals surface area contributed by atoms with Crippen LogP contribution < -0.4 is 10.9 Å². The van der Waals surface area contributed by atoms with Crippen LogP contribution in [0.4, 0.5) is 0 Å². The molecule has 3 N–H and O–H groups in total.